The van der Waals surface area contributed by atoms with Gasteiger partial charge in [0.15, 0.2) is 11.9 Å². The van der Waals surface area contributed by atoms with Crippen LogP contribution >= 0.6 is 23.2 Å². The number of aromatic nitrogens is 3. The minimum atomic E-state index is -1.22. The van der Waals surface area contributed by atoms with Crippen LogP contribution in [0.2, 0.25) is 10.2 Å². The number of halogens is 2. The molecule has 0 aliphatic carbocycles. The summed E-state index contributed by atoms with van der Waals surface area (Å²) in [6.45, 7) is -0.406. The maximum atomic E-state index is 10.0. The SMILES string of the molecule is OCC1OC(n2cnc3c(Cl)cc(Cl)nc32)C(O)C1O. The van der Waals surface area contributed by atoms with Crippen LogP contribution in [0.3, 0.4) is 0 Å². The van der Waals surface area contributed by atoms with Crippen molar-refractivity contribution < 1.29 is 20.1 Å². The topological polar surface area (TPSA) is 101 Å². The van der Waals surface area contributed by atoms with Gasteiger partial charge >= 0.3 is 0 Å². The number of ether oxygens (including phenoxy) is 1. The molecule has 4 unspecified atom stereocenters. The zero-order chi connectivity index (χ0) is 14.4. The minimum Gasteiger partial charge on any atom is -0.394 e. The third-order valence-electron chi connectivity index (χ3n) is 3.24. The molecule has 7 nitrogen and oxygen atoms in total. The van der Waals surface area contributed by atoms with Crippen molar-refractivity contribution in [2.75, 3.05) is 6.61 Å². The maximum absolute atomic E-state index is 10.0. The van der Waals surface area contributed by atoms with E-state index in [9.17, 15) is 10.2 Å². The number of nitrogens with zero attached hydrogens (tertiary/aromatic N) is 3. The van der Waals surface area contributed by atoms with Crippen LogP contribution in [-0.4, -0.2) is 54.8 Å². The highest BCUT2D eigenvalue weighted by atomic mass is 35.5. The molecule has 0 amide bonds. The van der Waals surface area contributed by atoms with E-state index < -0.39 is 31.1 Å². The van der Waals surface area contributed by atoms with E-state index in [1.807, 2.05) is 0 Å². The van der Waals surface area contributed by atoms with E-state index in [0.717, 1.165) is 0 Å². The first-order valence-corrected chi connectivity index (χ1v) is 6.59. The summed E-state index contributed by atoms with van der Waals surface area (Å²) in [5.41, 5.74) is 0.742. The molecule has 0 bridgehead atoms. The number of aliphatic hydroxyl groups is 3. The third kappa shape index (κ3) is 2.07. The Kier molecular flexibility index (Phi) is 3.57. The molecule has 1 saturated heterocycles. The van der Waals surface area contributed by atoms with E-state index in [4.69, 9.17) is 33.0 Å². The van der Waals surface area contributed by atoms with Crippen LogP contribution in [0.1, 0.15) is 6.23 Å². The van der Waals surface area contributed by atoms with Crippen LogP contribution in [0, 0.1) is 0 Å². The van der Waals surface area contributed by atoms with E-state index in [1.54, 1.807) is 0 Å². The number of hydrogen-bond acceptors (Lipinski definition) is 6. The van der Waals surface area contributed by atoms with Crippen LogP contribution in [0.4, 0.5) is 0 Å². The third-order valence-corrected chi connectivity index (χ3v) is 3.73. The summed E-state index contributed by atoms with van der Waals surface area (Å²) in [6, 6.07) is 1.46. The van der Waals surface area contributed by atoms with E-state index in [-0.39, 0.29) is 5.15 Å². The predicted molar refractivity (Wildman–Crippen MR) is 70.6 cm³/mol. The molecule has 3 rings (SSSR count). The Morgan fingerprint density at radius 1 is 1.30 bits per heavy atom. The van der Waals surface area contributed by atoms with Crippen molar-refractivity contribution >= 4 is 34.4 Å². The Hall–Kier alpha value is -0.960. The van der Waals surface area contributed by atoms with Crippen molar-refractivity contribution in [1.82, 2.24) is 14.5 Å². The summed E-state index contributed by atoms with van der Waals surface area (Å²) in [4.78, 5) is 8.19. The first-order chi connectivity index (χ1) is 9.52. The molecule has 4 atom stereocenters. The largest absolute Gasteiger partial charge is 0.394 e. The lowest BCUT2D eigenvalue weighted by atomic mass is 10.1. The summed E-state index contributed by atoms with van der Waals surface area (Å²) in [7, 11) is 0. The quantitative estimate of drug-likeness (QED) is 0.690. The molecule has 9 heteroatoms. The van der Waals surface area contributed by atoms with Gasteiger partial charge in [-0.2, -0.15) is 0 Å². The predicted octanol–water partition coefficient (Wildman–Crippen LogP) is 0.350. The fourth-order valence-corrected chi connectivity index (χ4v) is 2.72. The van der Waals surface area contributed by atoms with Crippen LogP contribution in [0.5, 0.6) is 0 Å². The zero-order valence-corrected chi connectivity index (χ0v) is 11.5. The molecular formula is C11H11Cl2N3O4. The van der Waals surface area contributed by atoms with Crippen LogP contribution in [0.15, 0.2) is 12.4 Å². The molecule has 0 spiro atoms. The number of pyridine rings is 1. The number of hydrogen-bond donors (Lipinski definition) is 3. The smallest absolute Gasteiger partial charge is 0.165 e. The highest BCUT2D eigenvalue weighted by Crippen LogP contribution is 2.33. The lowest BCUT2D eigenvalue weighted by molar-refractivity contribution is -0.0511. The fraction of sp³-hybridized carbons (Fsp3) is 0.455. The first-order valence-electron chi connectivity index (χ1n) is 5.84. The second-order valence-corrected chi connectivity index (χ2v) is 5.27. The second-order valence-electron chi connectivity index (χ2n) is 4.48. The van der Waals surface area contributed by atoms with Crippen LogP contribution in [-0.2, 0) is 4.74 Å². The Morgan fingerprint density at radius 3 is 2.70 bits per heavy atom. The van der Waals surface area contributed by atoms with Gasteiger partial charge in [-0.15, -0.1) is 0 Å². The summed E-state index contributed by atoms with van der Waals surface area (Å²) >= 11 is 11.9. The molecule has 3 N–H and O–H groups in total. The van der Waals surface area contributed by atoms with Crippen molar-refractivity contribution in [2.24, 2.45) is 0 Å². The molecule has 0 saturated carbocycles. The number of aliphatic hydroxyl groups excluding tert-OH is 3. The molecule has 2 aromatic heterocycles. The average molecular weight is 320 g/mol. The molecule has 20 heavy (non-hydrogen) atoms. The monoisotopic (exact) mass is 319 g/mol. The maximum Gasteiger partial charge on any atom is 0.165 e. The summed E-state index contributed by atoms with van der Waals surface area (Å²) in [5, 5.41) is 29.4. The van der Waals surface area contributed by atoms with Crippen molar-refractivity contribution in [1.29, 1.82) is 0 Å². The van der Waals surface area contributed by atoms with E-state index in [1.165, 1.54) is 17.0 Å². The van der Waals surface area contributed by atoms with Gasteiger partial charge in [0.05, 0.1) is 18.0 Å². The van der Waals surface area contributed by atoms with E-state index in [0.29, 0.717) is 16.2 Å². The fourth-order valence-electron chi connectivity index (χ4n) is 2.24. The van der Waals surface area contributed by atoms with Gasteiger partial charge in [-0.25, -0.2) is 9.97 Å². The Balaban J connectivity index is 2.07. The van der Waals surface area contributed by atoms with E-state index >= 15 is 0 Å². The molecular weight excluding hydrogens is 309 g/mol. The lowest BCUT2D eigenvalue weighted by Gasteiger charge is -2.16. The van der Waals surface area contributed by atoms with Gasteiger partial charge in [0, 0.05) is 0 Å². The first kappa shape index (κ1) is 14.0. The van der Waals surface area contributed by atoms with Crippen molar-refractivity contribution in [3.05, 3.63) is 22.6 Å². The van der Waals surface area contributed by atoms with Gasteiger partial charge < -0.3 is 20.1 Å². The number of rotatable bonds is 2. The summed E-state index contributed by atoms with van der Waals surface area (Å²) in [5.74, 6) is 0. The zero-order valence-electron chi connectivity index (χ0n) is 10.0. The normalized spacial score (nSPS) is 30.2. The van der Waals surface area contributed by atoms with Crippen LogP contribution in [0.25, 0.3) is 11.2 Å². The molecule has 108 valence electrons. The molecule has 3 heterocycles. The van der Waals surface area contributed by atoms with Gasteiger partial charge in [0.2, 0.25) is 0 Å². The summed E-state index contributed by atoms with van der Waals surface area (Å²) in [6.07, 6.45) is -2.82. The van der Waals surface area contributed by atoms with Gasteiger partial charge in [0.1, 0.15) is 29.0 Å². The Labute approximate surface area is 123 Å². The molecule has 1 aliphatic heterocycles. The minimum absolute atomic E-state index is 0.177. The van der Waals surface area contributed by atoms with Crippen molar-refractivity contribution in [3.8, 4) is 0 Å². The number of fused-ring (bicyclic) bond motifs is 1. The van der Waals surface area contributed by atoms with E-state index in [2.05, 4.69) is 9.97 Å². The lowest BCUT2D eigenvalue weighted by Crippen LogP contribution is -2.33. The summed E-state index contributed by atoms with van der Waals surface area (Å²) < 4.78 is 6.84. The van der Waals surface area contributed by atoms with Crippen LogP contribution < -0.4 is 0 Å². The van der Waals surface area contributed by atoms with Gasteiger partial charge in [-0.05, 0) is 6.07 Å². The van der Waals surface area contributed by atoms with Gasteiger partial charge in [-0.3, -0.25) is 4.57 Å². The van der Waals surface area contributed by atoms with Gasteiger partial charge in [0.25, 0.3) is 0 Å². The van der Waals surface area contributed by atoms with Crippen molar-refractivity contribution in [3.63, 3.8) is 0 Å². The average Bonchev–Trinajstić information content (AvgIpc) is 2.93. The molecule has 0 radical (unpaired) electrons. The highest BCUT2D eigenvalue weighted by Gasteiger charge is 2.43. The Bertz CT molecular complexity index is 650. The van der Waals surface area contributed by atoms with Crippen molar-refractivity contribution in [2.45, 2.75) is 24.5 Å². The molecule has 0 aromatic carbocycles. The number of imidazole rings is 1. The van der Waals surface area contributed by atoms with Gasteiger partial charge in [-0.1, -0.05) is 23.2 Å². The highest BCUT2D eigenvalue weighted by molar-refractivity contribution is 6.37. The molecule has 1 aliphatic rings. The molecule has 1 fully saturated rings. The second kappa shape index (κ2) is 5.10. The molecule has 2 aromatic rings. The standard InChI is InChI=1S/C11H11Cl2N3O4/c12-4-1-6(13)15-10-7(4)14-3-16(10)11-9(19)8(18)5(2-17)20-11/h1,3,5,8-9,11,17-19H,2H2. The Morgan fingerprint density at radius 2 is 2.05 bits per heavy atom.